The van der Waals surface area contributed by atoms with Crippen molar-refractivity contribution >= 4 is 0 Å². The fraction of sp³-hybridized carbons (Fsp3) is 0.905. The molecule has 0 aromatic heterocycles. The molecule has 1 heteroatoms. The Balaban J connectivity index is 1.80. The zero-order chi connectivity index (χ0) is 15.9. The molecule has 128 valence electrons. The quantitative estimate of drug-likeness (QED) is 0.199. The van der Waals surface area contributed by atoms with Gasteiger partial charge in [0, 0.05) is 12.8 Å². The Morgan fingerprint density at radius 2 is 1.23 bits per heavy atom. The van der Waals surface area contributed by atoms with E-state index in [-0.39, 0.29) is 0 Å². The van der Waals surface area contributed by atoms with E-state index in [1.54, 1.807) is 0 Å². The molecule has 0 N–H and O–H groups in total. The van der Waals surface area contributed by atoms with E-state index in [2.05, 4.69) is 25.7 Å². The lowest BCUT2D eigenvalue weighted by Crippen LogP contribution is -1.93. The summed E-state index contributed by atoms with van der Waals surface area (Å²) in [6.45, 7) is 4.52. The summed E-state index contributed by atoms with van der Waals surface area (Å²) < 4.78 is 5.71. The monoisotopic (exact) mass is 306 g/mol. The molecule has 1 heterocycles. The van der Waals surface area contributed by atoms with E-state index >= 15 is 0 Å². The molecule has 0 saturated carbocycles. The van der Waals surface area contributed by atoms with E-state index in [1.807, 2.05) is 0 Å². The highest BCUT2D eigenvalue weighted by Crippen LogP contribution is 2.29. The van der Waals surface area contributed by atoms with Gasteiger partial charge in [-0.25, -0.2) is 0 Å². The van der Waals surface area contributed by atoms with Crippen molar-refractivity contribution in [2.45, 2.75) is 122 Å². The third kappa shape index (κ3) is 11.1. The highest BCUT2D eigenvalue weighted by atomic mass is 16.6. The van der Waals surface area contributed by atoms with Crippen molar-refractivity contribution in [2.24, 2.45) is 0 Å². The summed E-state index contributed by atoms with van der Waals surface area (Å²) in [5.74, 6) is 6.58. The molecular weight excluding hydrogens is 268 g/mol. The molecule has 2 atom stereocenters. The van der Waals surface area contributed by atoms with Gasteiger partial charge in [-0.3, -0.25) is 0 Å². The van der Waals surface area contributed by atoms with Gasteiger partial charge >= 0.3 is 0 Å². The molecule has 0 unspecified atom stereocenters. The van der Waals surface area contributed by atoms with Crippen LogP contribution >= 0.6 is 0 Å². The molecule has 0 bridgehead atoms. The van der Waals surface area contributed by atoms with E-state index in [9.17, 15) is 0 Å². The molecule has 1 saturated heterocycles. The number of ether oxygens (including phenoxy) is 1. The standard InChI is InChI=1S/C21H38O/c1-3-5-7-9-11-12-13-15-17-19-21-20(22-21)18-16-14-10-8-6-4-2/h20-21H,3-13,15,17-19H2,1-2H3/t20-,21+/m1/s1. The van der Waals surface area contributed by atoms with Crippen molar-refractivity contribution in [1.29, 1.82) is 0 Å². The molecule has 0 aromatic rings. The minimum Gasteiger partial charge on any atom is -0.369 e. The van der Waals surface area contributed by atoms with Gasteiger partial charge in [-0.2, -0.15) is 0 Å². The first kappa shape index (κ1) is 19.6. The summed E-state index contributed by atoms with van der Waals surface area (Å²) in [7, 11) is 0. The van der Waals surface area contributed by atoms with Gasteiger partial charge in [-0.15, -0.1) is 11.8 Å². The average Bonchev–Trinajstić information content (AvgIpc) is 3.27. The Labute approximate surface area is 139 Å². The Hall–Kier alpha value is -0.480. The number of unbranched alkanes of at least 4 members (excludes halogenated alkanes) is 11. The summed E-state index contributed by atoms with van der Waals surface area (Å²) >= 11 is 0. The van der Waals surface area contributed by atoms with Gasteiger partial charge in [0.2, 0.25) is 0 Å². The van der Waals surface area contributed by atoms with E-state index in [4.69, 9.17) is 4.74 Å². The lowest BCUT2D eigenvalue weighted by Gasteiger charge is -2.01. The first-order chi connectivity index (χ1) is 10.9. The maximum Gasteiger partial charge on any atom is 0.0950 e. The normalized spacial score (nSPS) is 19.7. The maximum atomic E-state index is 5.71. The van der Waals surface area contributed by atoms with Crippen molar-refractivity contribution in [2.75, 3.05) is 0 Å². The minimum atomic E-state index is 0.465. The molecule has 0 spiro atoms. The van der Waals surface area contributed by atoms with Gasteiger partial charge in [0.1, 0.15) is 0 Å². The van der Waals surface area contributed by atoms with Gasteiger partial charge in [0.25, 0.3) is 0 Å². The molecule has 1 aliphatic rings. The second-order valence-electron chi connectivity index (χ2n) is 6.84. The molecule has 0 amide bonds. The van der Waals surface area contributed by atoms with Gasteiger partial charge in [-0.05, 0) is 12.8 Å². The Bertz CT molecular complexity index is 299. The van der Waals surface area contributed by atoms with Crippen molar-refractivity contribution in [1.82, 2.24) is 0 Å². The largest absolute Gasteiger partial charge is 0.369 e. The molecule has 1 rings (SSSR count). The van der Waals surface area contributed by atoms with Crippen molar-refractivity contribution < 1.29 is 4.74 Å². The first-order valence-electron chi connectivity index (χ1n) is 9.99. The summed E-state index contributed by atoms with van der Waals surface area (Å²) in [6, 6.07) is 0. The fourth-order valence-corrected chi connectivity index (χ4v) is 2.99. The highest BCUT2D eigenvalue weighted by molar-refractivity contribution is 5.04. The Morgan fingerprint density at radius 3 is 1.91 bits per heavy atom. The third-order valence-corrected chi connectivity index (χ3v) is 4.61. The average molecular weight is 307 g/mol. The number of hydrogen-bond acceptors (Lipinski definition) is 1. The van der Waals surface area contributed by atoms with E-state index < -0.39 is 0 Å². The van der Waals surface area contributed by atoms with Crippen LogP contribution in [0.4, 0.5) is 0 Å². The molecular formula is C21H38O. The van der Waals surface area contributed by atoms with Crippen LogP contribution in [-0.4, -0.2) is 12.2 Å². The minimum absolute atomic E-state index is 0.465. The maximum absolute atomic E-state index is 5.71. The highest BCUT2D eigenvalue weighted by Gasteiger charge is 2.36. The van der Waals surface area contributed by atoms with Crippen LogP contribution in [0.25, 0.3) is 0 Å². The topological polar surface area (TPSA) is 12.5 Å². The molecule has 0 radical (unpaired) electrons. The number of epoxide rings is 1. The van der Waals surface area contributed by atoms with E-state index in [0.717, 1.165) is 12.8 Å². The molecule has 1 fully saturated rings. The van der Waals surface area contributed by atoms with E-state index in [0.29, 0.717) is 12.2 Å². The first-order valence-corrected chi connectivity index (χ1v) is 9.99. The van der Waals surface area contributed by atoms with Crippen molar-refractivity contribution in [3.63, 3.8) is 0 Å². The van der Waals surface area contributed by atoms with Crippen LogP contribution in [0, 0.1) is 11.8 Å². The smallest absolute Gasteiger partial charge is 0.0950 e. The molecule has 1 nitrogen and oxygen atoms in total. The molecule has 1 aliphatic heterocycles. The molecule has 0 aromatic carbocycles. The van der Waals surface area contributed by atoms with Crippen LogP contribution in [0.1, 0.15) is 110 Å². The predicted molar refractivity (Wildman–Crippen MR) is 97.0 cm³/mol. The van der Waals surface area contributed by atoms with Crippen LogP contribution in [0.3, 0.4) is 0 Å². The summed E-state index contributed by atoms with van der Waals surface area (Å²) in [6.07, 6.45) is 20.8. The predicted octanol–water partition coefficient (Wildman–Crippen LogP) is 6.65. The second-order valence-corrected chi connectivity index (χ2v) is 6.84. The van der Waals surface area contributed by atoms with Gasteiger partial charge in [-0.1, -0.05) is 84.5 Å². The van der Waals surface area contributed by atoms with Crippen molar-refractivity contribution in [3.05, 3.63) is 0 Å². The van der Waals surface area contributed by atoms with Crippen molar-refractivity contribution in [3.8, 4) is 11.8 Å². The van der Waals surface area contributed by atoms with Crippen LogP contribution in [0.5, 0.6) is 0 Å². The zero-order valence-electron chi connectivity index (χ0n) is 15.2. The van der Waals surface area contributed by atoms with Gasteiger partial charge in [0.15, 0.2) is 0 Å². The molecule has 22 heavy (non-hydrogen) atoms. The third-order valence-electron chi connectivity index (χ3n) is 4.61. The van der Waals surface area contributed by atoms with Crippen LogP contribution in [-0.2, 0) is 4.74 Å². The summed E-state index contributed by atoms with van der Waals surface area (Å²) in [5, 5.41) is 0. The van der Waals surface area contributed by atoms with Crippen LogP contribution in [0.2, 0.25) is 0 Å². The summed E-state index contributed by atoms with van der Waals surface area (Å²) in [4.78, 5) is 0. The zero-order valence-corrected chi connectivity index (χ0v) is 15.2. The number of hydrogen-bond donors (Lipinski definition) is 0. The second kappa shape index (κ2) is 14.1. The van der Waals surface area contributed by atoms with Gasteiger partial charge in [0.05, 0.1) is 12.2 Å². The molecule has 0 aliphatic carbocycles. The SMILES string of the molecule is CCCCCC#CC[C@H]1O[C@H]1CCCCCCCCCCC. The Morgan fingerprint density at radius 1 is 0.636 bits per heavy atom. The number of rotatable bonds is 14. The van der Waals surface area contributed by atoms with E-state index in [1.165, 1.54) is 83.5 Å². The Kier molecular flexibility index (Phi) is 12.6. The van der Waals surface area contributed by atoms with Gasteiger partial charge < -0.3 is 4.74 Å². The van der Waals surface area contributed by atoms with Crippen LogP contribution in [0.15, 0.2) is 0 Å². The lowest BCUT2D eigenvalue weighted by atomic mass is 10.0. The fourth-order valence-electron chi connectivity index (χ4n) is 2.99. The summed E-state index contributed by atoms with van der Waals surface area (Å²) in [5.41, 5.74) is 0. The van der Waals surface area contributed by atoms with Crippen LogP contribution < -0.4 is 0 Å². The lowest BCUT2D eigenvalue weighted by molar-refractivity contribution is 0.359.